The molecule has 1 aromatic rings. The van der Waals surface area contributed by atoms with E-state index in [4.69, 9.17) is 0 Å². The molecule has 0 atom stereocenters. The average Bonchev–Trinajstić information content (AvgIpc) is 2.44. The molecule has 1 N–H and O–H groups in total. The van der Waals surface area contributed by atoms with Crippen LogP contribution in [0.4, 0.5) is 13.2 Å². The number of aryl methyl sites for hydroxylation is 1. The largest absolute Gasteiger partial charge is 0.413 e. The summed E-state index contributed by atoms with van der Waals surface area (Å²) in [6.45, 7) is -1.03. The minimum Gasteiger partial charge on any atom is -0.353 e. The first-order valence-corrected chi connectivity index (χ1v) is 4.00. The van der Waals surface area contributed by atoms with E-state index in [9.17, 15) is 13.2 Å². The van der Waals surface area contributed by atoms with Gasteiger partial charge in [-0.15, -0.1) is 0 Å². The van der Waals surface area contributed by atoms with Crippen molar-refractivity contribution in [2.75, 3.05) is 6.61 Å². The van der Waals surface area contributed by atoms with Gasteiger partial charge in [-0.2, -0.15) is 18.7 Å². The lowest BCUT2D eigenvalue weighted by atomic mass is 10.4. The smallest absolute Gasteiger partial charge is 0.353 e. The molecule has 0 aliphatic carbocycles. The van der Waals surface area contributed by atoms with Crippen LogP contribution in [0.5, 0.6) is 0 Å². The van der Waals surface area contributed by atoms with E-state index in [1.807, 2.05) is 0 Å². The molecule has 0 spiro atoms. The lowest BCUT2D eigenvalue weighted by Gasteiger charge is -2.08. The Kier molecular flexibility index (Phi) is 3.54. The predicted octanol–water partition coefficient (Wildman–Crippen LogP) is 1.61. The number of hydroxylamine groups is 1. The lowest BCUT2D eigenvalue weighted by molar-refractivity contribution is -0.190. The summed E-state index contributed by atoms with van der Waals surface area (Å²) in [5, 5.41) is 0. The number of hydrogen-bond acceptors (Lipinski definition) is 2. The molecule has 0 aliphatic heterocycles. The zero-order valence-electron chi connectivity index (χ0n) is 7.64. The van der Waals surface area contributed by atoms with Crippen molar-refractivity contribution >= 4 is 0 Å². The molecule has 0 saturated carbocycles. The highest BCUT2D eigenvalue weighted by Crippen LogP contribution is 2.13. The Labute approximate surface area is 79.4 Å². The molecule has 3 nitrogen and oxygen atoms in total. The lowest BCUT2D eigenvalue weighted by Crippen LogP contribution is -2.25. The quantitative estimate of drug-likeness (QED) is 0.601. The maximum atomic E-state index is 11.6. The van der Waals surface area contributed by atoms with Crippen LogP contribution in [0.2, 0.25) is 0 Å². The van der Waals surface area contributed by atoms with E-state index in [1.165, 1.54) is 0 Å². The van der Waals surface area contributed by atoms with Crippen molar-refractivity contribution < 1.29 is 18.0 Å². The normalized spacial score (nSPS) is 12.0. The van der Waals surface area contributed by atoms with E-state index in [0.29, 0.717) is 0 Å². The Balaban J connectivity index is 2.20. The van der Waals surface area contributed by atoms with Crippen LogP contribution in [0.25, 0.3) is 0 Å². The maximum Gasteiger partial charge on any atom is 0.413 e. The van der Waals surface area contributed by atoms with Gasteiger partial charge in [0, 0.05) is 18.9 Å². The van der Waals surface area contributed by atoms with Crippen LogP contribution >= 0.6 is 0 Å². The van der Waals surface area contributed by atoms with Crippen LogP contribution in [-0.2, 0) is 18.4 Å². The van der Waals surface area contributed by atoms with E-state index in [2.05, 4.69) is 10.3 Å². The molecule has 0 saturated heterocycles. The van der Waals surface area contributed by atoms with Crippen molar-refractivity contribution in [1.82, 2.24) is 10.0 Å². The highest BCUT2D eigenvalue weighted by Gasteiger charge is 2.27. The molecule has 0 unspecified atom stereocenters. The van der Waals surface area contributed by atoms with Crippen molar-refractivity contribution in [2.24, 2.45) is 7.05 Å². The number of hydrogen-bond donors (Lipinski definition) is 1. The number of aromatic nitrogens is 1. The topological polar surface area (TPSA) is 26.2 Å². The van der Waals surface area contributed by atoms with Crippen LogP contribution in [-0.4, -0.2) is 17.4 Å². The molecule has 1 heterocycles. The molecule has 0 aliphatic rings. The van der Waals surface area contributed by atoms with Crippen LogP contribution < -0.4 is 5.48 Å². The highest BCUT2D eigenvalue weighted by molar-refractivity contribution is 5.05. The zero-order valence-corrected chi connectivity index (χ0v) is 7.64. The van der Waals surface area contributed by atoms with E-state index in [-0.39, 0.29) is 6.54 Å². The average molecular weight is 208 g/mol. The van der Waals surface area contributed by atoms with E-state index in [0.717, 1.165) is 5.69 Å². The van der Waals surface area contributed by atoms with Crippen LogP contribution in [0.15, 0.2) is 18.3 Å². The third-order valence-electron chi connectivity index (χ3n) is 1.64. The summed E-state index contributed by atoms with van der Waals surface area (Å²) < 4.78 is 36.7. The summed E-state index contributed by atoms with van der Waals surface area (Å²) in [6.07, 6.45) is -2.48. The second-order valence-electron chi connectivity index (χ2n) is 2.84. The Bertz CT molecular complexity index is 282. The molecule has 1 rings (SSSR count). The summed E-state index contributed by atoms with van der Waals surface area (Å²) in [7, 11) is 1.81. The first kappa shape index (κ1) is 11.1. The van der Waals surface area contributed by atoms with Crippen LogP contribution in [0.3, 0.4) is 0 Å². The number of nitrogens with zero attached hydrogens (tertiary/aromatic N) is 1. The standard InChI is InChI=1S/C8H11F3N2O/c1-13-4-2-3-7(13)5-12-14-6-8(9,10)11/h2-4,12H,5-6H2,1H3. The van der Waals surface area contributed by atoms with E-state index in [1.54, 1.807) is 29.9 Å². The maximum absolute atomic E-state index is 11.6. The molecule has 80 valence electrons. The zero-order chi connectivity index (χ0) is 10.6. The van der Waals surface area contributed by atoms with Gasteiger partial charge in [0.15, 0.2) is 6.61 Å². The van der Waals surface area contributed by atoms with Crippen molar-refractivity contribution in [3.8, 4) is 0 Å². The highest BCUT2D eigenvalue weighted by atomic mass is 19.4. The molecule has 6 heteroatoms. The Morgan fingerprint density at radius 1 is 1.50 bits per heavy atom. The molecule has 0 radical (unpaired) electrons. The van der Waals surface area contributed by atoms with Gasteiger partial charge < -0.3 is 4.57 Å². The van der Waals surface area contributed by atoms with Gasteiger partial charge in [-0.3, -0.25) is 4.84 Å². The number of rotatable bonds is 4. The molecule has 1 aromatic heterocycles. The predicted molar refractivity (Wildman–Crippen MR) is 44.3 cm³/mol. The SMILES string of the molecule is Cn1cccc1CNOCC(F)(F)F. The van der Waals surface area contributed by atoms with Crippen LogP contribution in [0.1, 0.15) is 5.69 Å². The number of halogens is 3. The summed E-state index contributed by atoms with van der Waals surface area (Å²) in [5.74, 6) is 0. The molecule has 0 bridgehead atoms. The number of alkyl halides is 3. The number of nitrogens with one attached hydrogen (secondary N) is 1. The molecular weight excluding hydrogens is 197 g/mol. The minimum absolute atomic E-state index is 0.250. The molecule has 0 amide bonds. The second-order valence-corrected chi connectivity index (χ2v) is 2.84. The minimum atomic E-state index is -4.29. The van der Waals surface area contributed by atoms with Crippen molar-refractivity contribution in [3.63, 3.8) is 0 Å². The third kappa shape index (κ3) is 3.80. The fourth-order valence-corrected chi connectivity index (χ4v) is 0.938. The Morgan fingerprint density at radius 3 is 2.71 bits per heavy atom. The summed E-state index contributed by atoms with van der Waals surface area (Å²) in [6, 6.07) is 3.60. The molecular formula is C8H11F3N2O. The Hall–Kier alpha value is -1.01. The van der Waals surface area contributed by atoms with Crippen molar-refractivity contribution in [3.05, 3.63) is 24.0 Å². The van der Waals surface area contributed by atoms with Gasteiger partial charge in [-0.25, -0.2) is 0 Å². The van der Waals surface area contributed by atoms with Gasteiger partial charge in [-0.1, -0.05) is 0 Å². The van der Waals surface area contributed by atoms with Gasteiger partial charge >= 0.3 is 6.18 Å². The molecule has 0 aromatic carbocycles. The van der Waals surface area contributed by atoms with E-state index < -0.39 is 12.8 Å². The van der Waals surface area contributed by atoms with Crippen molar-refractivity contribution in [2.45, 2.75) is 12.7 Å². The van der Waals surface area contributed by atoms with Gasteiger partial charge in [0.2, 0.25) is 0 Å². The molecule has 0 fully saturated rings. The van der Waals surface area contributed by atoms with Gasteiger partial charge in [0.05, 0.1) is 6.54 Å². The monoisotopic (exact) mass is 208 g/mol. The fraction of sp³-hybridized carbons (Fsp3) is 0.500. The summed E-state index contributed by atoms with van der Waals surface area (Å²) >= 11 is 0. The summed E-state index contributed by atoms with van der Waals surface area (Å²) in [4.78, 5) is 4.24. The third-order valence-corrected chi connectivity index (χ3v) is 1.64. The Morgan fingerprint density at radius 2 is 2.21 bits per heavy atom. The van der Waals surface area contributed by atoms with Crippen LogP contribution in [0, 0.1) is 0 Å². The summed E-state index contributed by atoms with van der Waals surface area (Å²) in [5.41, 5.74) is 3.10. The van der Waals surface area contributed by atoms with Gasteiger partial charge in [0.1, 0.15) is 0 Å². The van der Waals surface area contributed by atoms with Gasteiger partial charge in [-0.05, 0) is 12.1 Å². The van der Waals surface area contributed by atoms with Crippen molar-refractivity contribution in [1.29, 1.82) is 0 Å². The second kappa shape index (κ2) is 4.47. The molecule has 14 heavy (non-hydrogen) atoms. The first-order valence-electron chi connectivity index (χ1n) is 4.00. The fourth-order valence-electron chi connectivity index (χ4n) is 0.938. The van der Waals surface area contributed by atoms with E-state index >= 15 is 0 Å². The first-order chi connectivity index (χ1) is 6.49. The van der Waals surface area contributed by atoms with Gasteiger partial charge in [0.25, 0.3) is 0 Å².